The van der Waals surface area contributed by atoms with Crippen LogP contribution in [0.3, 0.4) is 0 Å². The Balaban J connectivity index is 3.21. The molecule has 0 aromatic carbocycles. The van der Waals surface area contributed by atoms with Crippen LogP contribution < -0.4 is 0 Å². The number of hydrogen-bond acceptors (Lipinski definition) is 3. The van der Waals surface area contributed by atoms with Gasteiger partial charge in [0.25, 0.3) is 0 Å². The van der Waals surface area contributed by atoms with Gasteiger partial charge in [0.15, 0.2) is 0 Å². The third kappa shape index (κ3) is 2.69. The van der Waals surface area contributed by atoms with Gasteiger partial charge in [-0.3, -0.25) is 0 Å². The fourth-order valence-corrected chi connectivity index (χ4v) is 0.530. The van der Waals surface area contributed by atoms with Gasteiger partial charge in [0.2, 0.25) is 0 Å². The highest BCUT2D eigenvalue weighted by atomic mass is 16.3. The summed E-state index contributed by atoms with van der Waals surface area (Å²) in [5.41, 5.74) is 6.53. The minimum atomic E-state index is -0.153. The second-order valence-corrected chi connectivity index (χ2v) is 1.75. The Morgan fingerprint density at radius 2 is 2.38 bits per heavy atom. The molecule has 0 bridgehead atoms. The molecule has 1 atom stereocenters. The first-order valence-corrected chi connectivity index (χ1v) is 2.82. The number of nitrogens with one attached hydrogen (secondary N) is 1. The van der Waals surface area contributed by atoms with Gasteiger partial charge in [-0.1, -0.05) is 13.3 Å². The van der Waals surface area contributed by atoms with Gasteiger partial charge in [-0.25, -0.2) is 5.53 Å². The SMILES string of the molecule is CCCC(CO)N=N. The van der Waals surface area contributed by atoms with Crippen molar-refractivity contribution in [3.63, 3.8) is 0 Å². The maximum atomic E-state index is 8.44. The molecular formula is C5H12N2O. The third-order valence-electron chi connectivity index (χ3n) is 1.02. The number of rotatable bonds is 4. The van der Waals surface area contributed by atoms with Gasteiger partial charge in [-0.05, 0) is 6.42 Å². The van der Waals surface area contributed by atoms with Crippen molar-refractivity contribution in [2.45, 2.75) is 25.8 Å². The van der Waals surface area contributed by atoms with Crippen LogP contribution in [0.4, 0.5) is 0 Å². The molecule has 2 N–H and O–H groups in total. The molecule has 3 nitrogen and oxygen atoms in total. The van der Waals surface area contributed by atoms with E-state index < -0.39 is 0 Å². The van der Waals surface area contributed by atoms with Gasteiger partial charge in [-0.2, -0.15) is 5.11 Å². The topological polar surface area (TPSA) is 56.4 Å². The molecule has 0 radical (unpaired) electrons. The molecule has 0 aliphatic carbocycles. The number of nitrogens with zero attached hydrogens (tertiary/aromatic N) is 1. The van der Waals surface area contributed by atoms with Gasteiger partial charge >= 0.3 is 0 Å². The summed E-state index contributed by atoms with van der Waals surface area (Å²) in [7, 11) is 0. The highest BCUT2D eigenvalue weighted by Gasteiger charge is 2.00. The summed E-state index contributed by atoms with van der Waals surface area (Å²) in [6.45, 7) is 2.02. The monoisotopic (exact) mass is 116 g/mol. The molecule has 0 aromatic heterocycles. The van der Waals surface area contributed by atoms with E-state index in [4.69, 9.17) is 10.6 Å². The van der Waals surface area contributed by atoms with Crippen molar-refractivity contribution in [2.75, 3.05) is 6.61 Å². The predicted molar refractivity (Wildman–Crippen MR) is 30.9 cm³/mol. The quantitative estimate of drug-likeness (QED) is 0.532. The molecule has 48 valence electrons. The van der Waals surface area contributed by atoms with Crippen molar-refractivity contribution in [1.82, 2.24) is 0 Å². The summed E-state index contributed by atoms with van der Waals surface area (Å²) in [6, 6.07) is -0.153. The number of aliphatic hydroxyl groups is 1. The first-order chi connectivity index (χ1) is 3.85. The van der Waals surface area contributed by atoms with E-state index in [-0.39, 0.29) is 12.6 Å². The Kier molecular flexibility index (Phi) is 4.45. The Bertz CT molecular complexity index is 65.4. The van der Waals surface area contributed by atoms with E-state index in [1.165, 1.54) is 0 Å². The van der Waals surface area contributed by atoms with Crippen LogP contribution in [0.5, 0.6) is 0 Å². The largest absolute Gasteiger partial charge is 0.394 e. The van der Waals surface area contributed by atoms with Crippen LogP contribution in [-0.2, 0) is 0 Å². The van der Waals surface area contributed by atoms with Gasteiger partial charge in [0.05, 0.1) is 12.6 Å². The number of aliphatic hydroxyl groups excluding tert-OH is 1. The van der Waals surface area contributed by atoms with Crippen molar-refractivity contribution >= 4 is 0 Å². The molecule has 0 spiro atoms. The summed E-state index contributed by atoms with van der Waals surface area (Å²) in [5.74, 6) is 0. The molecule has 8 heavy (non-hydrogen) atoms. The highest BCUT2D eigenvalue weighted by Crippen LogP contribution is 1.98. The first-order valence-electron chi connectivity index (χ1n) is 2.82. The van der Waals surface area contributed by atoms with Gasteiger partial charge < -0.3 is 5.11 Å². The second-order valence-electron chi connectivity index (χ2n) is 1.75. The van der Waals surface area contributed by atoms with Crippen molar-refractivity contribution in [2.24, 2.45) is 5.11 Å². The third-order valence-corrected chi connectivity index (χ3v) is 1.02. The fraction of sp³-hybridized carbons (Fsp3) is 1.00. The Morgan fingerprint density at radius 1 is 1.75 bits per heavy atom. The average Bonchev–Trinajstić information content (AvgIpc) is 1.83. The smallest absolute Gasteiger partial charge is 0.0935 e. The van der Waals surface area contributed by atoms with E-state index in [2.05, 4.69) is 5.11 Å². The lowest BCUT2D eigenvalue weighted by molar-refractivity contribution is 0.254. The van der Waals surface area contributed by atoms with Crippen LogP contribution in [0.2, 0.25) is 0 Å². The van der Waals surface area contributed by atoms with E-state index in [1.807, 2.05) is 6.92 Å². The zero-order chi connectivity index (χ0) is 6.41. The lowest BCUT2D eigenvalue weighted by Crippen LogP contribution is -2.07. The molecule has 1 unspecified atom stereocenters. The normalized spacial score (nSPS) is 13.2. The molecule has 3 heteroatoms. The lowest BCUT2D eigenvalue weighted by Gasteiger charge is -2.01. The molecule has 0 heterocycles. The molecule has 0 aliphatic rings. The summed E-state index contributed by atoms with van der Waals surface area (Å²) in [4.78, 5) is 0. The zero-order valence-corrected chi connectivity index (χ0v) is 5.09. The summed E-state index contributed by atoms with van der Waals surface area (Å²) in [6.07, 6.45) is 1.80. The van der Waals surface area contributed by atoms with E-state index >= 15 is 0 Å². The van der Waals surface area contributed by atoms with Crippen molar-refractivity contribution in [3.05, 3.63) is 0 Å². The highest BCUT2D eigenvalue weighted by molar-refractivity contribution is 4.58. The van der Waals surface area contributed by atoms with Crippen molar-refractivity contribution in [3.8, 4) is 0 Å². The van der Waals surface area contributed by atoms with Crippen molar-refractivity contribution in [1.29, 1.82) is 5.53 Å². The zero-order valence-electron chi connectivity index (χ0n) is 5.09. The van der Waals surface area contributed by atoms with Gasteiger partial charge in [0.1, 0.15) is 0 Å². The fourth-order valence-electron chi connectivity index (χ4n) is 0.530. The molecule has 0 rings (SSSR count). The Morgan fingerprint density at radius 3 is 2.50 bits per heavy atom. The molecule has 0 amide bonds. The summed E-state index contributed by atoms with van der Waals surface area (Å²) >= 11 is 0. The Hall–Kier alpha value is -0.440. The summed E-state index contributed by atoms with van der Waals surface area (Å²) < 4.78 is 0. The Labute approximate surface area is 49.2 Å². The van der Waals surface area contributed by atoms with Crippen LogP contribution in [0.15, 0.2) is 5.11 Å². The van der Waals surface area contributed by atoms with E-state index in [9.17, 15) is 0 Å². The average molecular weight is 116 g/mol. The second kappa shape index (κ2) is 4.71. The molecule has 0 saturated carbocycles. The van der Waals surface area contributed by atoms with Crippen LogP contribution in [-0.4, -0.2) is 17.8 Å². The van der Waals surface area contributed by atoms with E-state index in [0.717, 1.165) is 12.8 Å². The molecule has 0 fully saturated rings. The minimum absolute atomic E-state index is 0.0112. The van der Waals surface area contributed by atoms with Crippen LogP contribution in [0, 0.1) is 5.53 Å². The summed E-state index contributed by atoms with van der Waals surface area (Å²) in [5, 5.41) is 11.6. The van der Waals surface area contributed by atoms with Crippen LogP contribution in [0.1, 0.15) is 19.8 Å². The molecule has 0 saturated heterocycles. The number of hydrogen-bond donors (Lipinski definition) is 2. The van der Waals surface area contributed by atoms with Gasteiger partial charge in [0, 0.05) is 0 Å². The van der Waals surface area contributed by atoms with Crippen LogP contribution in [0.25, 0.3) is 0 Å². The molecule has 0 aromatic rings. The first kappa shape index (κ1) is 7.56. The molecular weight excluding hydrogens is 104 g/mol. The lowest BCUT2D eigenvalue weighted by atomic mass is 10.2. The van der Waals surface area contributed by atoms with E-state index in [0.29, 0.717) is 0 Å². The van der Waals surface area contributed by atoms with Crippen molar-refractivity contribution < 1.29 is 5.11 Å². The standard InChI is InChI=1S/C5H12N2O/c1-2-3-5(4-8)7-6/h5-6,8H,2-4H2,1H3. The van der Waals surface area contributed by atoms with Crippen LogP contribution >= 0.6 is 0 Å². The maximum absolute atomic E-state index is 8.44. The molecule has 0 aliphatic heterocycles. The predicted octanol–water partition coefficient (Wildman–Crippen LogP) is 1.18. The minimum Gasteiger partial charge on any atom is -0.394 e. The van der Waals surface area contributed by atoms with Gasteiger partial charge in [-0.15, -0.1) is 0 Å². The van der Waals surface area contributed by atoms with E-state index in [1.54, 1.807) is 0 Å². The maximum Gasteiger partial charge on any atom is 0.0935 e.